The fourth-order valence-corrected chi connectivity index (χ4v) is 10.8. The lowest BCUT2D eigenvalue weighted by atomic mass is 9.98. The molecule has 490 valence electrons. The number of hydrogen-bond donors (Lipinski definition) is 14. The number of aromatic hydroxyl groups is 1. The number of hydrogen-bond acceptors (Lipinski definition) is 14. The Hall–Kier alpha value is -9.08. The molecule has 28 nitrogen and oxygen atoms in total. The molecule has 90 heavy (non-hydrogen) atoms. The maximum Gasteiger partial charge on any atom is 0.245 e. The van der Waals surface area contributed by atoms with Gasteiger partial charge in [-0.15, -0.1) is 0 Å². The zero-order valence-corrected chi connectivity index (χ0v) is 52.3. The summed E-state index contributed by atoms with van der Waals surface area (Å²) in [7, 11) is 0. The third-order valence-corrected chi connectivity index (χ3v) is 15.3. The molecule has 2 fully saturated rings. The third kappa shape index (κ3) is 21.3. The molecular weight excluding hydrogens is 1160 g/mol. The number of aromatic nitrogens is 3. The van der Waals surface area contributed by atoms with E-state index in [-0.39, 0.29) is 106 Å². The first-order valence-electron chi connectivity index (χ1n) is 30.9. The van der Waals surface area contributed by atoms with Crippen LogP contribution in [0.5, 0.6) is 5.75 Å². The number of nitrogens with two attached hydrogens (primary N) is 2. The van der Waals surface area contributed by atoms with Crippen LogP contribution >= 0.6 is 0 Å². The molecule has 4 aromatic rings. The number of aliphatic imine (C=N–C) groups is 1. The van der Waals surface area contributed by atoms with Crippen molar-refractivity contribution in [1.82, 2.24) is 67.7 Å². The number of rotatable bonds is 34. The number of likely N-dealkylation sites (N-methyl/N-ethyl adjacent to an activating group) is 1. The largest absolute Gasteiger partial charge is 0.508 e. The smallest absolute Gasteiger partial charge is 0.245 e. The maximum absolute atomic E-state index is 14.9. The van der Waals surface area contributed by atoms with Crippen molar-refractivity contribution < 1.29 is 57.8 Å². The summed E-state index contributed by atoms with van der Waals surface area (Å²) in [5.41, 5.74) is 13.5. The van der Waals surface area contributed by atoms with E-state index in [1.807, 2.05) is 52.0 Å². The van der Waals surface area contributed by atoms with E-state index in [4.69, 9.17) is 16.2 Å². The van der Waals surface area contributed by atoms with E-state index in [9.17, 15) is 53.1 Å². The summed E-state index contributed by atoms with van der Waals surface area (Å²) in [6.45, 7) is 12.9. The number of benzene rings is 2. The Labute approximate surface area is 523 Å². The predicted octanol–water partition coefficient (Wildman–Crippen LogP) is -0.00540. The average Bonchev–Trinajstić information content (AvgIpc) is 1.98. The fraction of sp³-hybridized carbons (Fsp3) is 0.548. The van der Waals surface area contributed by atoms with Crippen molar-refractivity contribution in [3.05, 3.63) is 84.1 Å². The first-order chi connectivity index (χ1) is 42.9. The lowest BCUT2D eigenvalue weighted by molar-refractivity contribution is -0.142. The highest BCUT2D eigenvalue weighted by Gasteiger charge is 2.40. The van der Waals surface area contributed by atoms with Gasteiger partial charge in [-0.05, 0) is 107 Å². The van der Waals surface area contributed by atoms with Crippen LogP contribution in [-0.2, 0) is 71.9 Å². The Balaban J connectivity index is 1.26. The first kappa shape index (κ1) is 70.0. The molecule has 0 bridgehead atoms. The highest BCUT2D eigenvalue weighted by atomic mass is 16.5. The second kappa shape index (κ2) is 34.0. The van der Waals surface area contributed by atoms with Gasteiger partial charge in [-0.25, -0.2) is 4.98 Å². The van der Waals surface area contributed by atoms with Crippen molar-refractivity contribution >= 4 is 75.9 Å². The molecule has 6 rings (SSSR count). The Kier molecular flexibility index (Phi) is 26.5. The zero-order chi connectivity index (χ0) is 65.6. The van der Waals surface area contributed by atoms with Gasteiger partial charge in [-0.2, -0.15) is 0 Å². The molecule has 2 aromatic carbocycles. The first-order valence-corrected chi connectivity index (χ1v) is 30.9. The molecule has 10 amide bonds. The highest BCUT2D eigenvalue weighted by molar-refractivity contribution is 5.99. The van der Waals surface area contributed by atoms with Gasteiger partial charge in [-0.3, -0.25) is 52.9 Å². The normalized spacial score (nSPS) is 17.0. The number of likely N-dealkylation sites (tertiary alicyclic amines) is 1. The second-order valence-corrected chi connectivity index (χ2v) is 24.0. The van der Waals surface area contributed by atoms with E-state index >= 15 is 0 Å². The monoisotopic (exact) mass is 1250 g/mol. The number of aromatic amines is 2. The summed E-state index contributed by atoms with van der Waals surface area (Å²) in [5, 5.41) is 35.9. The number of carbonyl (C=O) groups excluding carboxylic acids is 10. The fourth-order valence-electron chi connectivity index (χ4n) is 10.8. The van der Waals surface area contributed by atoms with Crippen LogP contribution in [0.4, 0.5) is 0 Å². The van der Waals surface area contributed by atoms with Crippen molar-refractivity contribution in [2.24, 2.45) is 28.3 Å². The van der Waals surface area contributed by atoms with Crippen molar-refractivity contribution in [1.29, 1.82) is 0 Å². The summed E-state index contributed by atoms with van der Waals surface area (Å²) in [4.78, 5) is 157. The number of para-hydroxylation sites is 1. The minimum Gasteiger partial charge on any atom is -0.508 e. The van der Waals surface area contributed by atoms with Gasteiger partial charge in [0, 0.05) is 74.3 Å². The van der Waals surface area contributed by atoms with Crippen LogP contribution < -0.4 is 59.3 Å². The molecule has 2 aromatic heterocycles. The molecule has 0 saturated carbocycles. The maximum atomic E-state index is 14.9. The van der Waals surface area contributed by atoms with E-state index in [0.29, 0.717) is 36.2 Å². The lowest BCUT2D eigenvalue weighted by Crippen LogP contribution is -2.61. The number of nitrogens with one attached hydrogen (secondary N) is 11. The van der Waals surface area contributed by atoms with Crippen LogP contribution in [0, 0.1) is 11.8 Å². The van der Waals surface area contributed by atoms with Gasteiger partial charge in [0.25, 0.3) is 0 Å². The summed E-state index contributed by atoms with van der Waals surface area (Å²) >= 11 is 0. The minimum atomic E-state index is -1.53. The van der Waals surface area contributed by atoms with Gasteiger partial charge in [0.2, 0.25) is 59.1 Å². The number of carbonyl (C=O) groups is 10. The van der Waals surface area contributed by atoms with E-state index in [1.54, 1.807) is 39.1 Å². The average molecular weight is 1250 g/mol. The van der Waals surface area contributed by atoms with Crippen LogP contribution in [0.25, 0.3) is 10.9 Å². The standard InChI is InChI=1S/C62H90N16O12/c1-8-66-60(88)51-16-12-24-78(51)61(89)44(15-11-23-67-62(63)64)71-54(82)45(25-34(2)3)72-55(83)46(26-35(4)5)73-56(84)47(27-37-17-19-40(79)20-18-37)74-59(87)50(32-90-36(6)7)77-57(85)48(28-38-30-68-42-14-10-9-13-41(38)42)75-58(86)49(29-39-31-65-33-69-39)76-53(81)43-21-22-52(80)70-43/h9-10,13-14,17-20,30-31,33-36,43-51,68,79H,8,11-12,15-16,21-29,32H2,1-7H3,(H,65,69)(H,66,88)(H,70,80)(H,71,82)(H,72,83)(H,73,84)(H,74,87)(H,75,86)(H,76,81)(H,77,85)(H4,63,64,67). The quantitative estimate of drug-likeness (QED) is 0.0166. The second-order valence-electron chi connectivity index (χ2n) is 24.0. The number of phenols is 1. The highest BCUT2D eigenvalue weighted by Crippen LogP contribution is 2.23. The minimum absolute atomic E-state index is 0.0591. The topological polar surface area (TPSA) is 421 Å². The molecular formula is C62H90N16O12. The van der Waals surface area contributed by atoms with Gasteiger partial charge < -0.3 is 84.0 Å². The molecule has 0 radical (unpaired) electrons. The number of ether oxygens (including phenoxy) is 1. The van der Waals surface area contributed by atoms with Crippen LogP contribution in [0.15, 0.2) is 72.2 Å². The van der Waals surface area contributed by atoms with Crippen LogP contribution in [0.3, 0.4) is 0 Å². The SMILES string of the molecule is CCNC(=O)C1CCCN1C(=O)C(CCCN=C(N)N)NC(=O)C(CC(C)C)NC(=O)C(CC(C)C)NC(=O)C(Cc1ccc(O)cc1)NC(=O)C(COC(C)C)NC(=O)C(Cc1c[nH]c2ccccc12)NC(=O)C(Cc1cnc[nH]1)NC(=O)C1CCC(=O)N1. The summed E-state index contributed by atoms with van der Waals surface area (Å²) in [5.74, 6) is -7.09. The zero-order valence-electron chi connectivity index (χ0n) is 52.3. The molecule has 0 spiro atoms. The Bertz CT molecular complexity index is 3130. The third-order valence-electron chi connectivity index (χ3n) is 15.3. The molecule has 16 N–H and O–H groups in total. The molecule has 28 heteroatoms. The van der Waals surface area contributed by atoms with Crippen LogP contribution in [-0.4, -0.2) is 177 Å². The number of amides is 10. The van der Waals surface area contributed by atoms with Crippen LogP contribution in [0.2, 0.25) is 0 Å². The molecule has 9 atom stereocenters. The molecule has 9 unspecified atom stereocenters. The summed E-state index contributed by atoms with van der Waals surface area (Å²) < 4.78 is 5.94. The Morgan fingerprint density at radius 2 is 1.28 bits per heavy atom. The number of phenolic OH excluding ortho intramolecular Hbond substituents is 1. The molecule has 2 saturated heterocycles. The van der Waals surface area contributed by atoms with Crippen molar-refractivity contribution in [3.63, 3.8) is 0 Å². The summed E-state index contributed by atoms with van der Waals surface area (Å²) in [6, 6.07) is 2.21. The van der Waals surface area contributed by atoms with Crippen molar-refractivity contribution in [2.75, 3.05) is 26.2 Å². The molecule has 2 aliphatic rings. The lowest BCUT2D eigenvalue weighted by Gasteiger charge is -2.31. The number of fused-ring (bicyclic) bond motifs is 1. The van der Waals surface area contributed by atoms with Crippen molar-refractivity contribution in [3.8, 4) is 5.75 Å². The number of guanidine groups is 1. The molecule has 0 aliphatic carbocycles. The van der Waals surface area contributed by atoms with E-state index in [1.165, 1.54) is 29.6 Å². The van der Waals surface area contributed by atoms with E-state index in [2.05, 4.69) is 67.8 Å². The number of imidazole rings is 1. The molecule has 2 aliphatic heterocycles. The van der Waals surface area contributed by atoms with Crippen LogP contribution in [0.1, 0.15) is 117 Å². The molecule has 4 heterocycles. The van der Waals surface area contributed by atoms with Gasteiger partial charge in [0.1, 0.15) is 60.1 Å². The van der Waals surface area contributed by atoms with Gasteiger partial charge >= 0.3 is 0 Å². The Morgan fingerprint density at radius 3 is 1.86 bits per heavy atom. The summed E-state index contributed by atoms with van der Waals surface area (Å²) in [6.07, 6.45) is 5.59. The predicted molar refractivity (Wildman–Crippen MR) is 334 cm³/mol. The van der Waals surface area contributed by atoms with Crippen molar-refractivity contribution in [2.45, 2.75) is 180 Å². The van der Waals surface area contributed by atoms with Gasteiger partial charge in [-0.1, -0.05) is 58.0 Å². The number of H-pyrrole nitrogens is 2. The number of nitrogens with zero attached hydrogens (tertiary/aromatic N) is 3. The van der Waals surface area contributed by atoms with Gasteiger partial charge in [0.15, 0.2) is 5.96 Å². The Morgan fingerprint density at radius 1 is 0.700 bits per heavy atom. The van der Waals surface area contributed by atoms with E-state index in [0.717, 1.165) is 10.9 Å². The van der Waals surface area contributed by atoms with Gasteiger partial charge in [0.05, 0.1) is 19.0 Å². The van der Waals surface area contributed by atoms with E-state index < -0.39 is 114 Å².